The molecule has 0 aliphatic heterocycles. The maximum Gasteiger partial charge on any atom is 0.0825 e. The third-order valence-corrected chi connectivity index (χ3v) is 3.11. The number of rotatable bonds is 0. The van der Waals surface area contributed by atoms with E-state index in [9.17, 15) is 0 Å². The molecule has 0 bridgehead atoms. The van der Waals surface area contributed by atoms with Gasteiger partial charge in [-0.2, -0.15) is 0 Å². The lowest BCUT2D eigenvalue weighted by molar-refractivity contribution is 1.34. The van der Waals surface area contributed by atoms with Crippen LogP contribution in [0.4, 0.5) is 0 Å². The summed E-state index contributed by atoms with van der Waals surface area (Å²) >= 11 is 7.67. The Morgan fingerprint density at radius 3 is 2.77 bits per heavy atom. The highest BCUT2D eigenvalue weighted by atomic mass is 35.5. The Kier molecular flexibility index (Phi) is 3.70. The molecule has 0 saturated heterocycles. The van der Waals surface area contributed by atoms with Crippen LogP contribution < -0.4 is 0 Å². The molecule has 0 aliphatic carbocycles. The largest absolute Gasteiger partial charge is 0.255 e. The highest BCUT2D eigenvalue weighted by molar-refractivity contribution is 7.17. The highest BCUT2D eigenvalue weighted by Gasteiger charge is 2.02. The number of thiophene rings is 1. The molecule has 0 aromatic carbocycles. The van der Waals surface area contributed by atoms with Crippen LogP contribution in [-0.4, -0.2) is 4.98 Å². The summed E-state index contributed by atoms with van der Waals surface area (Å²) in [5, 5.41) is 2.84. The smallest absolute Gasteiger partial charge is 0.0825 e. The maximum absolute atomic E-state index is 6.04. The molecule has 0 amide bonds. The Hall–Kier alpha value is -0.600. The van der Waals surface area contributed by atoms with Crippen LogP contribution in [0.3, 0.4) is 0 Å². The molecular weight excluding hydrogens is 202 g/mol. The second kappa shape index (κ2) is 4.58. The van der Waals surface area contributed by atoms with E-state index in [1.807, 2.05) is 32.2 Å². The Bertz CT molecular complexity index is 395. The molecule has 2 aromatic rings. The number of pyridine rings is 1. The van der Waals surface area contributed by atoms with Gasteiger partial charge < -0.3 is 0 Å². The molecule has 0 radical (unpaired) electrons. The molecular formula is C10H12ClNS. The van der Waals surface area contributed by atoms with E-state index in [0.29, 0.717) is 0 Å². The average Bonchev–Trinajstić information content (AvgIpc) is 2.63. The molecule has 0 saturated carbocycles. The van der Waals surface area contributed by atoms with E-state index in [2.05, 4.69) is 4.98 Å². The van der Waals surface area contributed by atoms with Crippen molar-refractivity contribution >= 4 is 33.2 Å². The summed E-state index contributed by atoms with van der Waals surface area (Å²) in [6.07, 6.45) is 1.80. The molecule has 0 spiro atoms. The molecule has 0 atom stereocenters. The maximum atomic E-state index is 6.04. The van der Waals surface area contributed by atoms with Crippen molar-refractivity contribution in [1.82, 2.24) is 4.98 Å². The lowest BCUT2D eigenvalue weighted by atomic mass is 10.3. The normalized spacial score (nSPS) is 9.54. The van der Waals surface area contributed by atoms with Crippen LogP contribution in [0.2, 0.25) is 5.02 Å². The molecule has 1 nitrogen and oxygen atoms in total. The van der Waals surface area contributed by atoms with Gasteiger partial charge in [-0.05, 0) is 23.9 Å². The number of aryl methyl sites for hydroxylation is 1. The summed E-state index contributed by atoms with van der Waals surface area (Å²) in [6, 6.07) is 1.98. The first-order valence-electron chi connectivity index (χ1n) is 4.27. The van der Waals surface area contributed by atoms with E-state index in [0.717, 1.165) is 20.8 Å². The number of nitrogens with zero attached hydrogens (tertiary/aromatic N) is 1. The predicted octanol–water partition coefficient (Wildman–Crippen LogP) is 4.28. The fourth-order valence-electron chi connectivity index (χ4n) is 0.971. The fourth-order valence-corrected chi connectivity index (χ4v) is 2.09. The van der Waals surface area contributed by atoms with Crippen molar-refractivity contribution < 1.29 is 0 Å². The summed E-state index contributed by atoms with van der Waals surface area (Å²) in [5.41, 5.74) is 2.03. The van der Waals surface area contributed by atoms with Crippen molar-refractivity contribution in [2.24, 2.45) is 0 Å². The number of halogens is 1. The van der Waals surface area contributed by atoms with Gasteiger partial charge >= 0.3 is 0 Å². The number of aromatic nitrogens is 1. The zero-order valence-electron chi connectivity index (χ0n) is 7.97. The van der Waals surface area contributed by atoms with Crippen LogP contribution in [0.25, 0.3) is 10.2 Å². The molecule has 0 fully saturated rings. The topological polar surface area (TPSA) is 12.9 Å². The Labute approximate surface area is 87.4 Å². The number of fused-ring (bicyclic) bond motifs is 1. The van der Waals surface area contributed by atoms with Gasteiger partial charge in [0.15, 0.2) is 0 Å². The monoisotopic (exact) mass is 213 g/mol. The Balaban J connectivity index is 0.000000396. The van der Waals surface area contributed by atoms with Gasteiger partial charge in [-0.25, -0.2) is 0 Å². The van der Waals surface area contributed by atoms with E-state index in [4.69, 9.17) is 11.6 Å². The van der Waals surface area contributed by atoms with E-state index in [1.165, 1.54) is 0 Å². The van der Waals surface area contributed by atoms with Crippen LogP contribution in [0.5, 0.6) is 0 Å². The van der Waals surface area contributed by atoms with Crippen molar-refractivity contribution in [2.75, 3.05) is 0 Å². The lowest BCUT2D eigenvalue weighted by Gasteiger charge is -1.95. The van der Waals surface area contributed by atoms with Crippen molar-refractivity contribution in [3.05, 3.63) is 28.2 Å². The van der Waals surface area contributed by atoms with Gasteiger partial charge in [0.2, 0.25) is 0 Å². The van der Waals surface area contributed by atoms with Gasteiger partial charge in [0.05, 0.1) is 15.2 Å². The van der Waals surface area contributed by atoms with E-state index in [-0.39, 0.29) is 0 Å². The first kappa shape index (κ1) is 10.5. The average molecular weight is 214 g/mol. The minimum absolute atomic E-state index is 0.838. The third-order valence-electron chi connectivity index (χ3n) is 1.59. The van der Waals surface area contributed by atoms with Gasteiger partial charge in [-0.1, -0.05) is 25.4 Å². The first-order valence-corrected chi connectivity index (χ1v) is 5.53. The summed E-state index contributed by atoms with van der Waals surface area (Å²) in [7, 11) is 0. The molecule has 0 aliphatic rings. The molecule has 13 heavy (non-hydrogen) atoms. The zero-order valence-corrected chi connectivity index (χ0v) is 9.54. The SMILES string of the molecule is CC.Cc1cnc2ccsc2c1Cl. The summed E-state index contributed by atoms with van der Waals surface area (Å²) in [4.78, 5) is 4.23. The van der Waals surface area contributed by atoms with Crippen molar-refractivity contribution in [3.8, 4) is 0 Å². The van der Waals surface area contributed by atoms with E-state index in [1.54, 1.807) is 17.5 Å². The summed E-state index contributed by atoms with van der Waals surface area (Å²) in [5.74, 6) is 0. The molecule has 0 unspecified atom stereocenters. The van der Waals surface area contributed by atoms with Crippen LogP contribution in [0.1, 0.15) is 19.4 Å². The molecule has 0 N–H and O–H groups in total. The van der Waals surface area contributed by atoms with E-state index < -0.39 is 0 Å². The van der Waals surface area contributed by atoms with Gasteiger partial charge in [0, 0.05) is 6.20 Å². The standard InChI is InChI=1S/C8H6ClNS.C2H6/c1-5-4-10-6-2-3-11-8(6)7(5)9;1-2/h2-4H,1H3;1-2H3. The minimum atomic E-state index is 0.838. The van der Waals surface area contributed by atoms with Crippen LogP contribution >= 0.6 is 22.9 Å². The predicted molar refractivity (Wildman–Crippen MR) is 60.7 cm³/mol. The van der Waals surface area contributed by atoms with Gasteiger partial charge in [0.1, 0.15) is 0 Å². The van der Waals surface area contributed by atoms with E-state index >= 15 is 0 Å². The molecule has 3 heteroatoms. The van der Waals surface area contributed by atoms with Crippen LogP contribution in [0.15, 0.2) is 17.6 Å². The van der Waals surface area contributed by atoms with Gasteiger partial charge in [-0.3, -0.25) is 4.98 Å². The molecule has 70 valence electrons. The zero-order chi connectivity index (χ0) is 9.84. The van der Waals surface area contributed by atoms with Gasteiger partial charge in [0.25, 0.3) is 0 Å². The summed E-state index contributed by atoms with van der Waals surface area (Å²) in [6.45, 7) is 5.97. The molecule has 2 aromatic heterocycles. The minimum Gasteiger partial charge on any atom is -0.255 e. The summed E-state index contributed by atoms with van der Waals surface area (Å²) < 4.78 is 1.09. The second-order valence-electron chi connectivity index (χ2n) is 2.39. The van der Waals surface area contributed by atoms with Crippen LogP contribution in [0, 0.1) is 6.92 Å². The second-order valence-corrected chi connectivity index (χ2v) is 3.68. The molecule has 2 rings (SSSR count). The quantitative estimate of drug-likeness (QED) is 0.637. The highest BCUT2D eigenvalue weighted by Crippen LogP contribution is 2.29. The van der Waals surface area contributed by atoms with Gasteiger partial charge in [-0.15, -0.1) is 11.3 Å². The number of hydrogen-bond acceptors (Lipinski definition) is 2. The Morgan fingerprint density at radius 1 is 1.38 bits per heavy atom. The lowest BCUT2D eigenvalue weighted by Crippen LogP contribution is -1.78. The number of hydrogen-bond donors (Lipinski definition) is 0. The van der Waals surface area contributed by atoms with Crippen molar-refractivity contribution in [1.29, 1.82) is 0 Å². The third kappa shape index (κ3) is 2.01. The van der Waals surface area contributed by atoms with Crippen molar-refractivity contribution in [3.63, 3.8) is 0 Å². The first-order chi connectivity index (χ1) is 6.29. The van der Waals surface area contributed by atoms with Crippen molar-refractivity contribution in [2.45, 2.75) is 20.8 Å². The Morgan fingerprint density at radius 2 is 2.08 bits per heavy atom. The fraction of sp³-hybridized carbons (Fsp3) is 0.300. The van der Waals surface area contributed by atoms with Crippen LogP contribution in [-0.2, 0) is 0 Å². The molecule has 2 heterocycles.